The summed E-state index contributed by atoms with van der Waals surface area (Å²) in [5.41, 5.74) is -0.0508. The molecule has 0 amide bonds. The number of nitrogens with zero attached hydrogens (tertiary/aromatic N) is 4. The zero-order valence-corrected chi connectivity index (χ0v) is 11.5. The number of anilines is 1. The van der Waals surface area contributed by atoms with Crippen molar-refractivity contribution in [3.8, 4) is 0 Å². The quantitative estimate of drug-likeness (QED) is 0.899. The highest BCUT2D eigenvalue weighted by Gasteiger charge is 2.13. The molecule has 0 aromatic carbocycles. The van der Waals surface area contributed by atoms with Crippen LogP contribution in [0.5, 0.6) is 0 Å². The van der Waals surface area contributed by atoms with Gasteiger partial charge < -0.3 is 10.0 Å². The number of aromatic carboxylic acids is 1. The van der Waals surface area contributed by atoms with Crippen LogP contribution in [0.2, 0.25) is 0 Å². The highest BCUT2D eigenvalue weighted by molar-refractivity contribution is 7.09. The smallest absolute Gasteiger partial charge is 0.356 e. The molecule has 0 aliphatic rings. The van der Waals surface area contributed by atoms with Gasteiger partial charge in [0, 0.05) is 31.1 Å². The van der Waals surface area contributed by atoms with Gasteiger partial charge in [-0.2, -0.15) is 0 Å². The van der Waals surface area contributed by atoms with Crippen molar-refractivity contribution in [2.24, 2.45) is 0 Å². The molecular formula is C12H14N4O2S. The fourth-order valence-corrected chi connectivity index (χ4v) is 2.38. The Bertz CT molecular complexity index is 541. The number of rotatable bonds is 5. The fraction of sp³-hybridized carbons (Fsp3) is 0.333. The molecule has 0 spiro atoms. The lowest BCUT2D eigenvalue weighted by atomic mass is 10.2. The highest BCUT2D eigenvalue weighted by atomic mass is 32.1. The summed E-state index contributed by atoms with van der Waals surface area (Å²) in [5.74, 6) is -0.141. The number of likely N-dealkylation sites (N-methyl/N-ethyl adjacent to an activating group) is 1. The molecule has 0 radical (unpaired) electrons. The highest BCUT2D eigenvalue weighted by Crippen LogP contribution is 2.20. The molecule has 2 heterocycles. The van der Waals surface area contributed by atoms with Crippen LogP contribution in [0.4, 0.5) is 5.82 Å². The average molecular weight is 278 g/mol. The number of carboxylic acids is 1. The van der Waals surface area contributed by atoms with Crippen LogP contribution in [-0.4, -0.2) is 39.6 Å². The summed E-state index contributed by atoms with van der Waals surface area (Å²) in [5, 5.41) is 11.8. The monoisotopic (exact) mass is 278 g/mol. The molecule has 1 N–H and O–H groups in total. The van der Waals surface area contributed by atoms with E-state index in [0.717, 1.165) is 11.6 Å². The molecule has 19 heavy (non-hydrogen) atoms. The lowest BCUT2D eigenvalue weighted by molar-refractivity contribution is 0.0690. The second-order valence-corrected chi connectivity index (χ2v) is 5.14. The molecule has 0 bridgehead atoms. The Morgan fingerprint density at radius 3 is 2.74 bits per heavy atom. The summed E-state index contributed by atoms with van der Waals surface area (Å²) in [7, 11) is 1.90. The molecule has 1 unspecified atom stereocenters. The van der Waals surface area contributed by atoms with Gasteiger partial charge in [0.25, 0.3) is 0 Å². The predicted octanol–water partition coefficient (Wildman–Crippen LogP) is 1.87. The summed E-state index contributed by atoms with van der Waals surface area (Å²) >= 11 is 1.62. The molecule has 2 aromatic rings. The minimum atomic E-state index is -1.07. The molecule has 7 heteroatoms. The van der Waals surface area contributed by atoms with Crippen LogP contribution in [0.15, 0.2) is 24.0 Å². The van der Waals surface area contributed by atoms with E-state index in [1.54, 1.807) is 17.5 Å². The topological polar surface area (TPSA) is 79.2 Å². The second-order valence-electron chi connectivity index (χ2n) is 4.22. The summed E-state index contributed by atoms with van der Waals surface area (Å²) in [4.78, 5) is 24.9. The predicted molar refractivity (Wildman–Crippen MR) is 72.8 cm³/mol. The molecule has 0 aliphatic carbocycles. The zero-order chi connectivity index (χ0) is 13.8. The standard InChI is InChI=1S/C12H14N4O2S/c1-8(11-13-3-4-19-11)7-16(2)10-6-14-9(5-15-10)12(17)18/h3-6,8H,7H2,1-2H3,(H,17,18). The minimum Gasteiger partial charge on any atom is -0.476 e. The molecule has 6 nitrogen and oxygen atoms in total. The molecule has 0 aliphatic heterocycles. The van der Waals surface area contributed by atoms with E-state index in [2.05, 4.69) is 21.9 Å². The Labute approximate surface area is 114 Å². The first kappa shape index (κ1) is 13.4. The van der Waals surface area contributed by atoms with Gasteiger partial charge in [-0.3, -0.25) is 0 Å². The summed E-state index contributed by atoms with van der Waals surface area (Å²) < 4.78 is 0. The summed E-state index contributed by atoms with van der Waals surface area (Å²) in [6.07, 6.45) is 4.53. The number of hydrogen-bond acceptors (Lipinski definition) is 6. The largest absolute Gasteiger partial charge is 0.476 e. The molecule has 0 fully saturated rings. The lowest BCUT2D eigenvalue weighted by Crippen LogP contribution is -2.24. The SMILES string of the molecule is CC(CN(C)c1cnc(C(=O)O)cn1)c1nccs1. The van der Waals surface area contributed by atoms with E-state index in [0.29, 0.717) is 5.82 Å². The van der Waals surface area contributed by atoms with E-state index >= 15 is 0 Å². The lowest BCUT2D eigenvalue weighted by Gasteiger charge is -2.20. The van der Waals surface area contributed by atoms with E-state index in [-0.39, 0.29) is 11.6 Å². The third kappa shape index (κ3) is 3.25. The molecule has 2 rings (SSSR count). The third-order valence-electron chi connectivity index (χ3n) is 2.67. The average Bonchev–Trinajstić information content (AvgIpc) is 2.92. The van der Waals surface area contributed by atoms with Crippen LogP contribution in [0.1, 0.15) is 28.3 Å². The first-order valence-corrected chi connectivity index (χ1v) is 6.61. The van der Waals surface area contributed by atoms with Crippen molar-refractivity contribution in [2.45, 2.75) is 12.8 Å². The van der Waals surface area contributed by atoms with E-state index in [1.165, 1.54) is 12.4 Å². The Hall–Kier alpha value is -2.02. The van der Waals surface area contributed by atoms with Gasteiger partial charge in [-0.25, -0.2) is 19.7 Å². The number of thiazole rings is 1. The Morgan fingerprint density at radius 1 is 1.42 bits per heavy atom. The normalized spacial score (nSPS) is 12.1. The van der Waals surface area contributed by atoms with E-state index in [9.17, 15) is 4.79 Å². The molecule has 0 saturated carbocycles. The first-order valence-electron chi connectivity index (χ1n) is 5.73. The van der Waals surface area contributed by atoms with Crippen molar-refractivity contribution in [3.05, 3.63) is 34.7 Å². The van der Waals surface area contributed by atoms with Gasteiger partial charge >= 0.3 is 5.97 Å². The van der Waals surface area contributed by atoms with Gasteiger partial charge in [0.15, 0.2) is 5.69 Å². The Balaban J connectivity index is 2.03. The van der Waals surface area contributed by atoms with Crippen molar-refractivity contribution >= 4 is 23.1 Å². The van der Waals surface area contributed by atoms with Crippen molar-refractivity contribution in [1.29, 1.82) is 0 Å². The number of carbonyl (C=O) groups is 1. The van der Waals surface area contributed by atoms with Crippen molar-refractivity contribution in [3.63, 3.8) is 0 Å². The van der Waals surface area contributed by atoms with Gasteiger partial charge in [-0.05, 0) is 0 Å². The molecule has 2 aromatic heterocycles. The molecular weight excluding hydrogens is 264 g/mol. The Morgan fingerprint density at radius 2 is 2.21 bits per heavy atom. The number of aromatic nitrogens is 3. The Kier molecular flexibility index (Phi) is 4.06. The minimum absolute atomic E-state index is 0.0508. The second kappa shape index (κ2) is 5.75. The summed E-state index contributed by atoms with van der Waals surface area (Å²) in [6.45, 7) is 2.84. The van der Waals surface area contributed by atoms with Gasteiger partial charge in [0.05, 0.1) is 17.4 Å². The van der Waals surface area contributed by atoms with Crippen LogP contribution in [0.25, 0.3) is 0 Å². The molecule has 100 valence electrons. The van der Waals surface area contributed by atoms with Crippen molar-refractivity contribution in [2.75, 3.05) is 18.5 Å². The van der Waals surface area contributed by atoms with E-state index in [4.69, 9.17) is 5.11 Å². The van der Waals surface area contributed by atoms with Crippen LogP contribution in [0.3, 0.4) is 0 Å². The van der Waals surface area contributed by atoms with Gasteiger partial charge in [-0.15, -0.1) is 11.3 Å². The van der Waals surface area contributed by atoms with Gasteiger partial charge in [-0.1, -0.05) is 6.92 Å². The number of carboxylic acid groups (broad SMARTS) is 1. The zero-order valence-electron chi connectivity index (χ0n) is 10.6. The molecule has 1 atom stereocenters. The number of hydrogen-bond donors (Lipinski definition) is 1. The molecule has 0 saturated heterocycles. The summed E-state index contributed by atoms with van der Waals surface area (Å²) in [6, 6.07) is 0. The van der Waals surface area contributed by atoms with E-state index < -0.39 is 5.97 Å². The first-order chi connectivity index (χ1) is 9.08. The maximum atomic E-state index is 10.7. The van der Waals surface area contributed by atoms with Crippen LogP contribution in [0, 0.1) is 0 Å². The van der Waals surface area contributed by atoms with Crippen LogP contribution in [-0.2, 0) is 0 Å². The van der Waals surface area contributed by atoms with Crippen molar-refractivity contribution in [1.82, 2.24) is 15.0 Å². The van der Waals surface area contributed by atoms with Crippen LogP contribution >= 0.6 is 11.3 Å². The third-order valence-corrected chi connectivity index (χ3v) is 3.68. The maximum Gasteiger partial charge on any atom is 0.356 e. The van der Waals surface area contributed by atoms with Gasteiger partial charge in [0.1, 0.15) is 5.82 Å². The maximum absolute atomic E-state index is 10.7. The van der Waals surface area contributed by atoms with Crippen molar-refractivity contribution < 1.29 is 9.90 Å². The van der Waals surface area contributed by atoms with E-state index in [1.807, 2.05) is 17.3 Å². The fourth-order valence-electron chi connectivity index (χ4n) is 1.69. The van der Waals surface area contributed by atoms with Gasteiger partial charge in [0.2, 0.25) is 0 Å². The van der Waals surface area contributed by atoms with Crippen LogP contribution < -0.4 is 4.90 Å².